The van der Waals surface area contributed by atoms with Crippen molar-refractivity contribution in [2.75, 3.05) is 18.5 Å². The van der Waals surface area contributed by atoms with Crippen LogP contribution in [0.1, 0.15) is 47.6 Å². The molecule has 6 heteroatoms. The average Bonchev–Trinajstić information content (AvgIpc) is 3.48. The van der Waals surface area contributed by atoms with Gasteiger partial charge in [-0.25, -0.2) is 9.79 Å². The molecule has 0 aromatic heterocycles. The van der Waals surface area contributed by atoms with Crippen molar-refractivity contribution < 1.29 is 14.3 Å². The zero-order chi connectivity index (χ0) is 20.7. The molecule has 2 aromatic carbocycles. The Labute approximate surface area is 181 Å². The average molecular weight is 425 g/mol. The highest BCUT2D eigenvalue weighted by molar-refractivity contribution is 6.30. The Bertz CT molecular complexity index is 999. The number of carbonyl (C=O) groups excluding carboxylic acids is 1. The number of hydrogen-bond acceptors (Lipinski definition) is 5. The number of anilines is 1. The second-order valence-corrected chi connectivity index (χ2v) is 8.57. The van der Waals surface area contributed by atoms with E-state index < -0.39 is 11.6 Å². The van der Waals surface area contributed by atoms with Gasteiger partial charge >= 0.3 is 5.97 Å². The van der Waals surface area contributed by atoms with Gasteiger partial charge in [-0.05, 0) is 79.8 Å². The topological polar surface area (TPSA) is 59.9 Å². The van der Waals surface area contributed by atoms with E-state index in [1.807, 2.05) is 0 Å². The monoisotopic (exact) mass is 424 g/mol. The van der Waals surface area contributed by atoms with Crippen LogP contribution in [0.25, 0.3) is 0 Å². The third-order valence-corrected chi connectivity index (χ3v) is 6.59. The van der Waals surface area contributed by atoms with E-state index in [9.17, 15) is 4.79 Å². The maximum absolute atomic E-state index is 12.9. The van der Waals surface area contributed by atoms with Crippen LogP contribution in [0.15, 0.2) is 35.3 Å². The second kappa shape index (κ2) is 7.62. The summed E-state index contributed by atoms with van der Waals surface area (Å²) >= 11 is 6.05. The third-order valence-electron chi connectivity index (χ3n) is 6.34. The molecule has 0 fully saturated rings. The van der Waals surface area contributed by atoms with Crippen LogP contribution in [0, 0.1) is 0 Å². The predicted molar refractivity (Wildman–Crippen MR) is 117 cm³/mol. The van der Waals surface area contributed by atoms with E-state index in [1.165, 1.54) is 35.1 Å². The standard InChI is InChI=1S/C24H25ClN2O3/c1-2-29-22(28)24(17-9-11-18(25)12-10-17)14-26-23(30-24)27-21-19-7-3-5-15(19)13-16-6-4-8-20(16)21/h9-13H,2-8,14H2,1H3,(H,26,27). The van der Waals surface area contributed by atoms with Crippen LogP contribution in [-0.4, -0.2) is 25.1 Å². The SMILES string of the molecule is CCOC(=O)C1(c2ccc(Cl)cc2)CN=C(Nc2c3c(cc4c2CCC4)CCC3)O1. The van der Waals surface area contributed by atoms with E-state index in [4.69, 9.17) is 21.1 Å². The number of halogens is 1. The molecule has 5 rings (SSSR count). The van der Waals surface area contributed by atoms with Crippen LogP contribution in [-0.2, 0) is 45.6 Å². The van der Waals surface area contributed by atoms with Gasteiger partial charge in [0.1, 0.15) is 0 Å². The summed E-state index contributed by atoms with van der Waals surface area (Å²) in [4.78, 5) is 17.5. The number of aryl methyl sites for hydroxylation is 2. The lowest BCUT2D eigenvalue weighted by atomic mass is 9.94. The molecule has 0 radical (unpaired) electrons. The minimum atomic E-state index is -1.29. The molecule has 1 heterocycles. The maximum Gasteiger partial charge on any atom is 0.357 e. The lowest BCUT2D eigenvalue weighted by Crippen LogP contribution is -2.41. The molecule has 30 heavy (non-hydrogen) atoms. The van der Waals surface area contributed by atoms with E-state index in [2.05, 4.69) is 16.4 Å². The van der Waals surface area contributed by atoms with Crippen molar-refractivity contribution in [2.45, 2.75) is 51.0 Å². The summed E-state index contributed by atoms with van der Waals surface area (Å²) in [5.74, 6) is -0.434. The molecule has 0 bridgehead atoms. The number of hydrogen-bond donors (Lipinski definition) is 1. The van der Waals surface area contributed by atoms with Crippen LogP contribution in [0.4, 0.5) is 5.69 Å². The highest BCUT2D eigenvalue weighted by Gasteiger charge is 2.49. The van der Waals surface area contributed by atoms with Crippen molar-refractivity contribution in [1.29, 1.82) is 0 Å². The lowest BCUT2D eigenvalue weighted by molar-refractivity contribution is -0.161. The number of amidine groups is 1. The normalized spacial score (nSPS) is 21.6. The van der Waals surface area contributed by atoms with E-state index in [-0.39, 0.29) is 13.2 Å². The Morgan fingerprint density at radius 3 is 2.43 bits per heavy atom. The van der Waals surface area contributed by atoms with Crippen molar-refractivity contribution in [1.82, 2.24) is 0 Å². The summed E-state index contributed by atoms with van der Waals surface area (Å²) in [5, 5.41) is 4.07. The maximum atomic E-state index is 12.9. The summed E-state index contributed by atoms with van der Waals surface area (Å²) in [6, 6.07) is 9.88. The van der Waals surface area contributed by atoms with Gasteiger partial charge in [0.15, 0.2) is 0 Å². The summed E-state index contributed by atoms with van der Waals surface area (Å²) in [5.41, 5.74) is 6.17. The summed E-state index contributed by atoms with van der Waals surface area (Å²) < 4.78 is 11.6. The Morgan fingerprint density at radius 2 is 1.80 bits per heavy atom. The lowest BCUT2D eigenvalue weighted by Gasteiger charge is -2.27. The number of esters is 1. The van der Waals surface area contributed by atoms with Gasteiger partial charge in [-0.1, -0.05) is 29.8 Å². The fourth-order valence-corrected chi connectivity index (χ4v) is 5.02. The van der Waals surface area contributed by atoms with Crippen molar-refractivity contribution >= 4 is 29.3 Å². The molecule has 3 aliphatic rings. The van der Waals surface area contributed by atoms with Gasteiger partial charge in [0, 0.05) is 16.3 Å². The molecule has 0 saturated heterocycles. The molecular weight excluding hydrogens is 400 g/mol. The van der Waals surface area contributed by atoms with Crippen LogP contribution in [0.2, 0.25) is 5.02 Å². The largest absolute Gasteiger partial charge is 0.463 e. The van der Waals surface area contributed by atoms with Gasteiger partial charge in [0.2, 0.25) is 0 Å². The molecule has 0 saturated carbocycles. The fraction of sp³-hybridized carbons (Fsp3) is 0.417. The fourth-order valence-electron chi connectivity index (χ4n) is 4.89. The van der Waals surface area contributed by atoms with Crippen LogP contribution >= 0.6 is 11.6 Å². The molecule has 0 amide bonds. The molecular formula is C24H25ClN2O3. The van der Waals surface area contributed by atoms with Gasteiger partial charge in [-0.15, -0.1) is 0 Å². The molecule has 1 aliphatic heterocycles. The summed E-state index contributed by atoms with van der Waals surface area (Å²) in [6.07, 6.45) is 6.75. The van der Waals surface area contributed by atoms with Crippen molar-refractivity contribution in [3.8, 4) is 0 Å². The number of ether oxygens (including phenoxy) is 2. The van der Waals surface area contributed by atoms with Crippen LogP contribution in [0.3, 0.4) is 0 Å². The smallest absolute Gasteiger partial charge is 0.357 e. The van der Waals surface area contributed by atoms with Gasteiger partial charge < -0.3 is 14.8 Å². The number of carbonyl (C=O) groups is 1. The molecule has 2 aromatic rings. The molecule has 156 valence electrons. The first-order valence-corrected chi connectivity index (χ1v) is 11.1. The highest BCUT2D eigenvalue weighted by atomic mass is 35.5. The number of benzene rings is 2. The van der Waals surface area contributed by atoms with Gasteiger partial charge in [-0.2, -0.15) is 0 Å². The van der Waals surface area contributed by atoms with Gasteiger partial charge in [-0.3, -0.25) is 0 Å². The Hall–Kier alpha value is -2.53. The zero-order valence-electron chi connectivity index (χ0n) is 17.1. The molecule has 1 N–H and O–H groups in total. The van der Waals surface area contributed by atoms with E-state index >= 15 is 0 Å². The van der Waals surface area contributed by atoms with Crippen LogP contribution in [0.5, 0.6) is 0 Å². The van der Waals surface area contributed by atoms with Crippen molar-refractivity contribution in [3.63, 3.8) is 0 Å². The van der Waals surface area contributed by atoms with Crippen molar-refractivity contribution in [2.24, 2.45) is 4.99 Å². The first-order valence-electron chi connectivity index (χ1n) is 10.7. The number of nitrogens with zero attached hydrogens (tertiary/aromatic N) is 1. The summed E-state index contributed by atoms with van der Waals surface area (Å²) in [7, 11) is 0. The third kappa shape index (κ3) is 3.16. The highest BCUT2D eigenvalue weighted by Crippen LogP contribution is 2.40. The zero-order valence-corrected chi connectivity index (χ0v) is 17.8. The number of fused-ring (bicyclic) bond motifs is 2. The molecule has 0 spiro atoms. The number of rotatable bonds is 4. The predicted octanol–water partition coefficient (Wildman–Crippen LogP) is 4.57. The second-order valence-electron chi connectivity index (χ2n) is 8.14. The van der Waals surface area contributed by atoms with E-state index in [0.717, 1.165) is 31.4 Å². The molecule has 5 nitrogen and oxygen atoms in total. The summed E-state index contributed by atoms with van der Waals surface area (Å²) in [6.45, 7) is 2.24. The molecule has 1 unspecified atom stereocenters. The van der Waals surface area contributed by atoms with Crippen molar-refractivity contribution in [3.05, 3.63) is 63.2 Å². The Morgan fingerprint density at radius 1 is 1.13 bits per heavy atom. The van der Waals surface area contributed by atoms with E-state index in [0.29, 0.717) is 16.6 Å². The first-order chi connectivity index (χ1) is 14.6. The van der Waals surface area contributed by atoms with Gasteiger partial charge in [0.25, 0.3) is 11.6 Å². The molecule has 2 aliphatic carbocycles. The Balaban J connectivity index is 1.47. The first kappa shape index (κ1) is 19.4. The van der Waals surface area contributed by atoms with Crippen LogP contribution < -0.4 is 5.32 Å². The van der Waals surface area contributed by atoms with Gasteiger partial charge in [0.05, 0.1) is 13.2 Å². The molecule has 1 atom stereocenters. The number of aliphatic imine (C=N–C) groups is 1. The van der Waals surface area contributed by atoms with E-state index in [1.54, 1.807) is 31.2 Å². The number of nitrogens with one attached hydrogen (secondary N) is 1. The Kier molecular flexibility index (Phi) is 4.94. The minimum Gasteiger partial charge on any atom is -0.463 e. The minimum absolute atomic E-state index is 0.174. The quantitative estimate of drug-likeness (QED) is 0.730.